The summed E-state index contributed by atoms with van der Waals surface area (Å²) in [5.74, 6) is 10.4. The molecule has 0 unspecified atom stereocenters. The van der Waals surface area contributed by atoms with Crippen LogP contribution in [0.15, 0.2) is 49.1 Å². The smallest absolute Gasteiger partial charge is 0.332 e. The minimum Gasteiger partial charge on any atom is -0.442 e. The molecule has 1 aliphatic heterocycles. The maximum atomic E-state index is 12.0. The third-order valence-corrected chi connectivity index (χ3v) is 5.21. The minimum absolute atomic E-state index is 0.0576. The standard InChI is InChI=1S/C29H36O4/c1-5-7-8-9-15-20-26-27(33-29(3,4)32-26)21-16-11-14-19-25(6-2)31-28(30)23-22-24-17-12-10-13-18-24/h6,10,12-13,17-18,22-23,25-27H,2,5,7-9,15,20-21H2,1,3-4H3/t25-,26-,27-/m1/s1. The Balaban J connectivity index is 1.82. The molecule has 0 aliphatic carbocycles. The zero-order chi connectivity index (χ0) is 23.9. The van der Waals surface area contributed by atoms with E-state index in [4.69, 9.17) is 14.2 Å². The molecule has 1 aliphatic rings. The van der Waals surface area contributed by atoms with Crippen molar-refractivity contribution >= 4 is 12.0 Å². The molecule has 0 N–H and O–H groups in total. The van der Waals surface area contributed by atoms with Gasteiger partial charge in [-0.15, -0.1) is 0 Å². The molecule has 4 nitrogen and oxygen atoms in total. The van der Waals surface area contributed by atoms with Crippen molar-refractivity contribution in [3.8, 4) is 23.7 Å². The van der Waals surface area contributed by atoms with Crippen molar-refractivity contribution in [1.29, 1.82) is 0 Å². The molecule has 0 amide bonds. The van der Waals surface area contributed by atoms with Gasteiger partial charge in [-0.2, -0.15) is 0 Å². The summed E-state index contributed by atoms with van der Waals surface area (Å²) >= 11 is 0. The van der Waals surface area contributed by atoms with E-state index < -0.39 is 17.9 Å². The van der Waals surface area contributed by atoms with E-state index in [0.29, 0.717) is 6.42 Å². The quantitative estimate of drug-likeness (QED) is 0.135. The Morgan fingerprint density at radius 3 is 2.58 bits per heavy atom. The maximum absolute atomic E-state index is 12.0. The van der Waals surface area contributed by atoms with Crippen LogP contribution in [-0.4, -0.2) is 30.1 Å². The molecular formula is C29H36O4. The van der Waals surface area contributed by atoms with E-state index in [1.807, 2.05) is 44.2 Å². The third-order valence-electron chi connectivity index (χ3n) is 5.21. The maximum Gasteiger partial charge on any atom is 0.332 e. The molecule has 2 rings (SSSR count). The fraction of sp³-hybridized carbons (Fsp3) is 0.483. The Bertz CT molecular complexity index is 892. The van der Waals surface area contributed by atoms with Crippen LogP contribution in [0, 0.1) is 23.7 Å². The molecule has 33 heavy (non-hydrogen) atoms. The Labute approximate surface area is 199 Å². The van der Waals surface area contributed by atoms with E-state index in [9.17, 15) is 4.79 Å². The molecule has 176 valence electrons. The van der Waals surface area contributed by atoms with Crippen LogP contribution in [0.25, 0.3) is 6.08 Å². The highest BCUT2D eigenvalue weighted by atomic mass is 16.7. The van der Waals surface area contributed by atoms with Crippen LogP contribution in [-0.2, 0) is 19.0 Å². The van der Waals surface area contributed by atoms with Crippen molar-refractivity contribution in [3.63, 3.8) is 0 Å². The van der Waals surface area contributed by atoms with Crippen molar-refractivity contribution in [2.24, 2.45) is 0 Å². The summed E-state index contributed by atoms with van der Waals surface area (Å²) in [6.45, 7) is 9.79. The highest BCUT2D eigenvalue weighted by Gasteiger charge is 2.40. The number of benzene rings is 1. The fourth-order valence-corrected chi connectivity index (χ4v) is 3.61. The van der Waals surface area contributed by atoms with Gasteiger partial charge in [-0.3, -0.25) is 0 Å². The lowest BCUT2D eigenvalue weighted by Gasteiger charge is -2.16. The first-order valence-electron chi connectivity index (χ1n) is 11.8. The summed E-state index contributed by atoms with van der Waals surface area (Å²) in [6.07, 6.45) is 11.5. The predicted octanol–water partition coefficient (Wildman–Crippen LogP) is 6.08. The number of hydrogen-bond donors (Lipinski definition) is 0. The van der Waals surface area contributed by atoms with Crippen LogP contribution in [0.2, 0.25) is 0 Å². The second-order valence-corrected chi connectivity index (χ2v) is 8.53. The van der Waals surface area contributed by atoms with Crippen LogP contribution in [0.1, 0.15) is 71.3 Å². The van der Waals surface area contributed by atoms with E-state index in [0.717, 1.165) is 18.4 Å². The highest BCUT2D eigenvalue weighted by molar-refractivity contribution is 5.87. The minimum atomic E-state index is -0.715. The topological polar surface area (TPSA) is 44.8 Å². The van der Waals surface area contributed by atoms with Crippen molar-refractivity contribution in [3.05, 3.63) is 54.6 Å². The van der Waals surface area contributed by atoms with Gasteiger partial charge in [-0.25, -0.2) is 4.79 Å². The zero-order valence-corrected chi connectivity index (χ0v) is 20.1. The van der Waals surface area contributed by atoms with Crippen molar-refractivity contribution in [2.45, 2.75) is 89.8 Å². The largest absolute Gasteiger partial charge is 0.442 e. The molecule has 0 aromatic heterocycles. The molecule has 1 saturated heterocycles. The average Bonchev–Trinajstić information content (AvgIpc) is 3.10. The second kappa shape index (κ2) is 14.4. The SMILES string of the molecule is C=C[C@H](C#CC#CC[C@H]1OC(C)(C)O[C@@H]1CCCCCCC)OC(=O)C=Cc1ccccc1. The van der Waals surface area contributed by atoms with Crippen LogP contribution in [0.5, 0.6) is 0 Å². The van der Waals surface area contributed by atoms with Crippen LogP contribution >= 0.6 is 0 Å². The molecular weight excluding hydrogens is 412 g/mol. The van der Waals surface area contributed by atoms with Crippen molar-refractivity contribution in [2.75, 3.05) is 0 Å². The van der Waals surface area contributed by atoms with Gasteiger partial charge in [0.25, 0.3) is 0 Å². The first-order valence-corrected chi connectivity index (χ1v) is 11.8. The second-order valence-electron chi connectivity index (χ2n) is 8.53. The van der Waals surface area contributed by atoms with E-state index in [-0.39, 0.29) is 12.2 Å². The first-order chi connectivity index (χ1) is 15.9. The lowest BCUT2D eigenvalue weighted by Crippen LogP contribution is -2.21. The molecule has 3 atom stereocenters. The number of unbranched alkanes of at least 4 members (excludes halogenated alkanes) is 4. The first kappa shape index (κ1) is 26.5. The number of hydrogen-bond acceptors (Lipinski definition) is 4. The number of rotatable bonds is 11. The lowest BCUT2D eigenvalue weighted by atomic mass is 10.0. The van der Waals surface area contributed by atoms with Gasteiger partial charge in [0, 0.05) is 12.5 Å². The molecule has 0 bridgehead atoms. The van der Waals surface area contributed by atoms with Crippen molar-refractivity contribution < 1.29 is 19.0 Å². The van der Waals surface area contributed by atoms with Crippen LogP contribution in [0.3, 0.4) is 0 Å². The summed E-state index contributed by atoms with van der Waals surface area (Å²) < 4.78 is 17.4. The zero-order valence-electron chi connectivity index (χ0n) is 20.1. The van der Waals surface area contributed by atoms with Gasteiger partial charge in [0.15, 0.2) is 11.9 Å². The molecule has 1 aromatic carbocycles. The average molecular weight is 449 g/mol. The molecule has 4 heteroatoms. The lowest BCUT2D eigenvalue weighted by molar-refractivity contribution is -0.146. The van der Waals surface area contributed by atoms with Gasteiger partial charge < -0.3 is 14.2 Å². The van der Waals surface area contributed by atoms with Crippen LogP contribution in [0.4, 0.5) is 0 Å². The van der Waals surface area contributed by atoms with E-state index in [2.05, 4.69) is 37.2 Å². The van der Waals surface area contributed by atoms with E-state index >= 15 is 0 Å². The number of carbonyl (C=O) groups excluding carboxylic acids is 1. The molecule has 1 aromatic rings. The summed E-state index contributed by atoms with van der Waals surface area (Å²) in [5, 5.41) is 0. The van der Waals surface area contributed by atoms with Gasteiger partial charge in [-0.05, 0) is 55.7 Å². The Kier molecular flexibility index (Phi) is 11.5. The summed E-state index contributed by atoms with van der Waals surface area (Å²) in [5.41, 5.74) is 0.919. The molecule has 0 saturated carbocycles. The Morgan fingerprint density at radius 1 is 1.12 bits per heavy atom. The van der Waals surface area contributed by atoms with E-state index in [1.54, 1.807) is 6.08 Å². The van der Waals surface area contributed by atoms with Gasteiger partial charge in [0.1, 0.15) is 0 Å². The summed E-state index contributed by atoms with van der Waals surface area (Å²) in [6, 6.07) is 9.53. The van der Waals surface area contributed by atoms with Gasteiger partial charge in [0.05, 0.1) is 12.2 Å². The molecule has 1 fully saturated rings. The fourth-order valence-electron chi connectivity index (χ4n) is 3.61. The number of carbonyl (C=O) groups is 1. The van der Waals surface area contributed by atoms with Gasteiger partial charge >= 0.3 is 5.97 Å². The Morgan fingerprint density at radius 2 is 1.85 bits per heavy atom. The monoisotopic (exact) mass is 448 g/mol. The highest BCUT2D eigenvalue weighted by Crippen LogP contribution is 2.32. The Hall–Kier alpha value is -2.79. The molecule has 1 heterocycles. The molecule has 0 radical (unpaired) electrons. The van der Waals surface area contributed by atoms with Crippen molar-refractivity contribution in [1.82, 2.24) is 0 Å². The van der Waals surface area contributed by atoms with Gasteiger partial charge in [0.2, 0.25) is 0 Å². The molecule has 0 spiro atoms. The van der Waals surface area contributed by atoms with E-state index in [1.165, 1.54) is 37.8 Å². The number of esters is 1. The predicted molar refractivity (Wildman–Crippen MR) is 133 cm³/mol. The van der Waals surface area contributed by atoms with Gasteiger partial charge in [-0.1, -0.05) is 81.9 Å². The summed E-state index contributed by atoms with van der Waals surface area (Å²) in [4.78, 5) is 12.0. The third kappa shape index (κ3) is 10.6. The summed E-state index contributed by atoms with van der Waals surface area (Å²) in [7, 11) is 0. The number of ether oxygens (including phenoxy) is 3. The normalized spacial score (nSPS) is 19.7. The van der Waals surface area contributed by atoms with Crippen LogP contribution < -0.4 is 0 Å².